The number of ether oxygens (including phenoxy) is 1. The number of benzene rings is 1. The molecule has 1 amide bonds. The Hall–Kier alpha value is -3.20. The van der Waals surface area contributed by atoms with Crippen molar-refractivity contribution in [1.82, 2.24) is 15.1 Å². The number of aryl methyl sites for hydroxylation is 2. The molecule has 0 aliphatic heterocycles. The third-order valence-electron chi connectivity index (χ3n) is 4.42. The van der Waals surface area contributed by atoms with E-state index in [9.17, 15) is 14.9 Å². The van der Waals surface area contributed by atoms with Gasteiger partial charge >= 0.3 is 5.69 Å². The van der Waals surface area contributed by atoms with Crippen LogP contribution in [0, 0.1) is 24.0 Å². The summed E-state index contributed by atoms with van der Waals surface area (Å²) in [5.74, 6) is 0.0248. The van der Waals surface area contributed by atoms with E-state index in [0.29, 0.717) is 11.4 Å². The lowest BCUT2D eigenvalue weighted by molar-refractivity contribution is -0.385. The summed E-state index contributed by atoms with van der Waals surface area (Å²) in [6.07, 6.45) is 0. The second-order valence-corrected chi connectivity index (χ2v) is 7.20. The molecule has 9 heteroatoms. The highest BCUT2D eigenvalue weighted by Crippen LogP contribution is 2.27. The average Bonchev–Trinajstić information content (AvgIpc) is 3.23. The second-order valence-electron chi connectivity index (χ2n) is 6.29. The van der Waals surface area contributed by atoms with Crippen molar-refractivity contribution in [3.63, 3.8) is 0 Å². The van der Waals surface area contributed by atoms with Gasteiger partial charge in [-0.25, -0.2) is 0 Å². The monoisotopic (exact) mass is 400 g/mol. The van der Waals surface area contributed by atoms with Crippen LogP contribution in [-0.2, 0) is 20.2 Å². The zero-order valence-corrected chi connectivity index (χ0v) is 16.6. The smallest absolute Gasteiger partial charge is 0.310 e. The Bertz CT molecular complexity index is 1020. The normalized spacial score (nSPS) is 10.7. The average molecular weight is 400 g/mol. The predicted octanol–water partition coefficient (Wildman–Crippen LogP) is 3.52. The Labute approximate surface area is 165 Å². The van der Waals surface area contributed by atoms with E-state index in [2.05, 4.69) is 10.4 Å². The summed E-state index contributed by atoms with van der Waals surface area (Å²) < 4.78 is 7.36. The topological polar surface area (TPSA) is 99.3 Å². The first-order valence-electron chi connectivity index (χ1n) is 8.57. The van der Waals surface area contributed by atoms with Crippen LogP contribution in [0.2, 0.25) is 0 Å². The number of aromatic nitrogens is 2. The fraction of sp³-hybridized carbons (Fsp3) is 0.263. The zero-order chi connectivity index (χ0) is 20.3. The van der Waals surface area contributed by atoms with Crippen LogP contribution in [0.1, 0.15) is 32.2 Å². The SMILES string of the molecule is Cc1nn(C)c(C)c1CNC(=O)c1cc(COc2ccccc2[N+](=O)[O-])cs1. The number of hydrogen-bond donors (Lipinski definition) is 1. The van der Waals surface area contributed by atoms with Gasteiger partial charge in [-0.1, -0.05) is 12.1 Å². The predicted molar refractivity (Wildman–Crippen MR) is 106 cm³/mol. The molecule has 0 radical (unpaired) electrons. The number of rotatable bonds is 7. The first kappa shape index (κ1) is 19.6. The van der Waals surface area contributed by atoms with Gasteiger partial charge in [0, 0.05) is 36.5 Å². The molecule has 0 bridgehead atoms. The molecular weight excluding hydrogens is 380 g/mol. The number of nitro benzene ring substituents is 1. The van der Waals surface area contributed by atoms with E-state index >= 15 is 0 Å². The Morgan fingerprint density at radius 2 is 2.11 bits per heavy atom. The molecule has 3 rings (SSSR count). The van der Waals surface area contributed by atoms with Crippen LogP contribution < -0.4 is 10.1 Å². The Kier molecular flexibility index (Phi) is 5.74. The summed E-state index contributed by atoms with van der Waals surface area (Å²) in [5, 5.41) is 20.1. The molecule has 0 aliphatic carbocycles. The van der Waals surface area contributed by atoms with E-state index in [4.69, 9.17) is 4.74 Å². The van der Waals surface area contributed by atoms with E-state index in [0.717, 1.165) is 22.5 Å². The molecule has 0 fully saturated rings. The first-order chi connectivity index (χ1) is 13.4. The largest absolute Gasteiger partial charge is 0.482 e. The molecule has 146 valence electrons. The maximum Gasteiger partial charge on any atom is 0.310 e. The lowest BCUT2D eigenvalue weighted by Gasteiger charge is -2.05. The van der Waals surface area contributed by atoms with E-state index in [-0.39, 0.29) is 24.0 Å². The minimum atomic E-state index is -0.482. The van der Waals surface area contributed by atoms with E-state index in [1.165, 1.54) is 17.4 Å². The quantitative estimate of drug-likeness (QED) is 0.483. The molecule has 2 aromatic heterocycles. The van der Waals surface area contributed by atoms with Gasteiger partial charge < -0.3 is 10.1 Å². The lowest BCUT2D eigenvalue weighted by Crippen LogP contribution is -2.22. The maximum atomic E-state index is 12.4. The molecule has 28 heavy (non-hydrogen) atoms. The molecule has 0 spiro atoms. The highest BCUT2D eigenvalue weighted by molar-refractivity contribution is 7.12. The number of hydrogen-bond acceptors (Lipinski definition) is 6. The van der Waals surface area contributed by atoms with Gasteiger partial charge in [-0.15, -0.1) is 11.3 Å². The number of amides is 1. The van der Waals surface area contributed by atoms with Crippen molar-refractivity contribution in [2.45, 2.75) is 27.0 Å². The van der Waals surface area contributed by atoms with Crippen molar-refractivity contribution in [3.05, 3.63) is 73.2 Å². The Morgan fingerprint density at radius 3 is 2.79 bits per heavy atom. The molecule has 0 saturated carbocycles. The third-order valence-corrected chi connectivity index (χ3v) is 5.40. The van der Waals surface area contributed by atoms with E-state index in [1.54, 1.807) is 28.9 Å². The van der Waals surface area contributed by atoms with E-state index < -0.39 is 4.92 Å². The molecule has 0 atom stereocenters. The highest BCUT2D eigenvalue weighted by atomic mass is 32.1. The van der Waals surface area contributed by atoms with Gasteiger partial charge in [0.05, 0.1) is 15.5 Å². The number of nitrogens with one attached hydrogen (secondary N) is 1. The molecule has 3 aromatic rings. The van der Waals surface area contributed by atoms with Crippen LogP contribution in [0.3, 0.4) is 0 Å². The van der Waals surface area contributed by atoms with Crippen LogP contribution in [0.4, 0.5) is 5.69 Å². The van der Waals surface area contributed by atoms with Crippen molar-refractivity contribution in [2.24, 2.45) is 7.05 Å². The van der Waals surface area contributed by atoms with Crippen molar-refractivity contribution >= 4 is 22.9 Å². The van der Waals surface area contributed by atoms with Crippen LogP contribution in [0.15, 0.2) is 35.7 Å². The molecule has 8 nitrogen and oxygen atoms in total. The van der Waals surface area contributed by atoms with Crippen LogP contribution in [-0.4, -0.2) is 20.6 Å². The minimum absolute atomic E-state index is 0.0853. The molecular formula is C19H20N4O4S. The number of nitro groups is 1. The summed E-state index contributed by atoms with van der Waals surface area (Å²) >= 11 is 1.31. The van der Waals surface area contributed by atoms with Crippen LogP contribution in [0.25, 0.3) is 0 Å². The highest BCUT2D eigenvalue weighted by Gasteiger charge is 2.16. The fourth-order valence-corrected chi connectivity index (χ4v) is 3.60. The summed E-state index contributed by atoms with van der Waals surface area (Å²) in [7, 11) is 1.87. The molecule has 2 heterocycles. The maximum absolute atomic E-state index is 12.4. The van der Waals surface area contributed by atoms with Gasteiger partial charge in [0.1, 0.15) is 6.61 Å². The first-order valence-corrected chi connectivity index (χ1v) is 9.45. The summed E-state index contributed by atoms with van der Waals surface area (Å²) in [5.41, 5.74) is 3.61. The Morgan fingerprint density at radius 1 is 1.36 bits per heavy atom. The number of para-hydroxylation sites is 2. The van der Waals surface area contributed by atoms with Gasteiger partial charge in [0.15, 0.2) is 5.75 Å². The number of carbonyl (C=O) groups is 1. The number of thiophene rings is 1. The number of carbonyl (C=O) groups excluding carboxylic acids is 1. The third kappa shape index (κ3) is 4.20. The van der Waals surface area contributed by atoms with Crippen molar-refractivity contribution in [3.8, 4) is 5.75 Å². The standard InChI is InChI=1S/C19H20N4O4S/c1-12-15(13(2)22(3)21-12)9-20-19(24)18-8-14(11-28-18)10-27-17-7-5-4-6-16(17)23(25)26/h4-8,11H,9-10H2,1-3H3,(H,20,24). The Balaban J connectivity index is 1.61. The van der Waals surface area contributed by atoms with Crippen molar-refractivity contribution in [1.29, 1.82) is 0 Å². The zero-order valence-electron chi connectivity index (χ0n) is 15.8. The van der Waals surface area contributed by atoms with Crippen molar-refractivity contribution < 1.29 is 14.5 Å². The molecule has 1 aromatic carbocycles. The van der Waals surface area contributed by atoms with Crippen LogP contribution in [0.5, 0.6) is 5.75 Å². The summed E-state index contributed by atoms with van der Waals surface area (Å²) in [6, 6.07) is 7.94. The van der Waals surface area contributed by atoms with Gasteiger partial charge in [-0.2, -0.15) is 5.10 Å². The molecule has 0 saturated heterocycles. The molecule has 1 N–H and O–H groups in total. The second kappa shape index (κ2) is 8.22. The van der Waals surface area contributed by atoms with E-state index in [1.807, 2.05) is 26.3 Å². The fourth-order valence-electron chi connectivity index (χ4n) is 2.79. The van der Waals surface area contributed by atoms with Gasteiger partial charge in [0.2, 0.25) is 0 Å². The van der Waals surface area contributed by atoms with Crippen molar-refractivity contribution in [2.75, 3.05) is 0 Å². The van der Waals surface area contributed by atoms with Gasteiger partial charge in [-0.3, -0.25) is 19.6 Å². The van der Waals surface area contributed by atoms with Gasteiger partial charge in [0.25, 0.3) is 5.91 Å². The minimum Gasteiger partial charge on any atom is -0.482 e. The number of nitrogens with zero attached hydrogens (tertiary/aromatic N) is 3. The summed E-state index contributed by atoms with van der Waals surface area (Å²) in [6.45, 7) is 4.43. The molecule has 0 aliphatic rings. The van der Waals surface area contributed by atoms with Gasteiger partial charge in [-0.05, 0) is 31.4 Å². The lowest BCUT2D eigenvalue weighted by atomic mass is 10.2. The molecule has 0 unspecified atom stereocenters. The summed E-state index contributed by atoms with van der Waals surface area (Å²) in [4.78, 5) is 23.5. The van der Waals surface area contributed by atoms with Crippen LogP contribution >= 0.6 is 11.3 Å².